The number of ketones is 1. The smallest absolute Gasteiger partial charge is 0.211 e. The van der Waals surface area contributed by atoms with Gasteiger partial charge in [0.1, 0.15) is 11.5 Å². The second kappa shape index (κ2) is 4.72. The van der Waals surface area contributed by atoms with E-state index in [4.69, 9.17) is 0 Å². The van der Waals surface area contributed by atoms with Crippen molar-refractivity contribution in [3.63, 3.8) is 0 Å². The van der Waals surface area contributed by atoms with E-state index in [0.717, 1.165) is 12.1 Å². The number of aryl methyl sites for hydroxylation is 3. The van der Waals surface area contributed by atoms with Gasteiger partial charge in [-0.05, 0) is 43.2 Å². The van der Waals surface area contributed by atoms with Gasteiger partial charge in [-0.2, -0.15) is 5.10 Å². The lowest BCUT2D eigenvalue weighted by Gasteiger charge is -2.03. The minimum absolute atomic E-state index is 0.132. The summed E-state index contributed by atoms with van der Waals surface area (Å²) in [5, 5.41) is 4.24. The first-order chi connectivity index (χ1) is 8.52. The molecule has 0 amide bonds. The summed E-state index contributed by atoms with van der Waals surface area (Å²) in [6, 6.07) is 6.17. The number of rotatable bonds is 3. The van der Waals surface area contributed by atoms with E-state index < -0.39 is 0 Å². The predicted molar refractivity (Wildman–Crippen MR) is 67.2 cm³/mol. The molecule has 2 rings (SSSR count). The van der Waals surface area contributed by atoms with Crippen LogP contribution in [-0.2, 0) is 13.5 Å². The third-order valence-electron chi connectivity index (χ3n) is 2.95. The third kappa shape index (κ3) is 2.18. The first-order valence-electron chi connectivity index (χ1n) is 5.86. The van der Waals surface area contributed by atoms with Crippen LogP contribution in [0.1, 0.15) is 34.2 Å². The SMILES string of the molecule is CCc1cc(C(=O)c2ccc(F)c(C)c2)n(C)n1. The third-order valence-corrected chi connectivity index (χ3v) is 2.95. The fraction of sp³-hybridized carbons (Fsp3) is 0.286. The van der Waals surface area contributed by atoms with E-state index in [0.29, 0.717) is 16.8 Å². The van der Waals surface area contributed by atoms with Crippen LogP contribution in [0.15, 0.2) is 24.3 Å². The molecule has 0 aliphatic rings. The Morgan fingerprint density at radius 2 is 2.11 bits per heavy atom. The van der Waals surface area contributed by atoms with Crippen molar-refractivity contribution < 1.29 is 9.18 Å². The molecule has 0 radical (unpaired) electrons. The van der Waals surface area contributed by atoms with Crippen LogP contribution in [0.3, 0.4) is 0 Å². The van der Waals surface area contributed by atoms with Crippen molar-refractivity contribution >= 4 is 5.78 Å². The van der Waals surface area contributed by atoms with Crippen molar-refractivity contribution in [1.29, 1.82) is 0 Å². The Balaban J connectivity index is 2.41. The molecular weight excluding hydrogens is 231 g/mol. The molecule has 4 heteroatoms. The van der Waals surface area contributed by atoms with Gasteiger partial charge >= 0.3 is 0 Å². The highest BCUT2D eigenvalue weighted by molar-refractivity contribution is 6.08. The quantitative estimate of drug-likeness (QED) is 0.780. The minimum atomic E-state index is -0.300. The molecule has 0 saturated carbocycles. The Morgan fingerprint density at radius 1 is 1.39 bits per heavy atom. The van der Waals surface area contributed by atoms with Crippen LogP contribution in [-0.4, -0.2) is 15.6 Å². The van der Waals surface area contributed by atoms with Crippen molar-refractivity contribution in [2.24, 2.45) is 7.05 Å². The summed E-state index contributed by atoms with van der Waals surface area (Å²) in [7, 11) is 1.74. The molecule has 0 atom stereocenters. The Bertz CT molecular complexity index is 602. The van der Waals surface area contributed by atoms with Crippen molar-refractivity contribution in [2.75, 3.05) is 0 Å². The monoisotopic (exact) mass is 246 g/mol. The van der Waals surface area contributed by atoms with Crippen molar-refractivity contribution in [2.45, 2.75) is 20.3 Å². The zero-order chi connectivity index (χ0) is 13.3. The molecule has 0 aliphatic carbocycles. The second-order valence-corrected chi connectivity index (χ2v) is 4.29. The van der Waals surface area contributed by atoms with E-state index >= 15 is 0 Å². The number of halogens is 1. The maximum atomic E-state index is 13.2. The van der Waals surface area contributed by atoms with Gasteiger partial charge in [0, 0.05) is 12.6 Å². The van der Waals surface area contributed by atoms with Crippen LogP contribution < -0.4 is 0 Å². The summed E-state index contributed by atoms with van der Waals surface area (Å²) in [6.07, 6.45) is 0.781. The van der Waals surface area contributed by atoms with Crippen LogP contribution in [0, 0.1) is 12.7 Å². The van der Waals surface area contributed by atoms with E-state index in [1.54, 1.807) is 30.8 Å². The fourth-order valence-electron chi connectivity index (χ4n) is 1.85. The lowest BCUT2D eigenvalue weighted by atomic mass is 10.0. The summed E-state index contributed by atoms with van der Waals surface area (Å²) >= 11 is 0. The molecular formula is C14H15FN2O. The van der Waals surface area contributed by atoms with E-state index in [9.17, 15) is 9.18 Å². The topological polar surface area (TPSA) is 34.9 Å². The first-order valence-corrected chi connectivity index (χ1v) is 5.86. The molecule has 1 heterocycles. The van der Waals surface area contributed by atoms with Gasteiger partial charge in [0.05, 0.1) is 5.69 Å². The Labute approximate surface area is 105 Å². The molecule has 0 saturated heterocycles. The fourth-order valence-corrected chi connectivity index (χ4v) is 1.85. The molecule has 1 aromatic heterocycles. The van der Waals surface area contributed by atoms with Gasteiger partial charge < -0.3 is 0 Å². The first kappa shape index (κ1) is 12.5. The second-order valence-electron chi connectivity index (χ2n) is 4.29. The van der Waals surface area contributed by atoms with Crippen LogP contribution in [0.25, 0.3) is 0 Å². The van der Waals surface area contributed by atoms with Gasteiger partial charge in [-0.25, -0.2) is 4.39 Å². The number of carbonyl (C=O) groups is 1. The normalized spacial score (nSPS) is 10.7. The van der Waals surface area contributed by atoms with Gasteiger partial charge in [-0.15, -0.1) is 0 Å². The highest BCUT2D eigenvalue weighted by Gasteiger charge is 2.15. The predicted octanol–water partition coefficient (Wildman–Crippen LogP) is 2.66. The molecule has 0 spiro atoms. The Kier molecular flexibility index (Phi) is 3.28. The van der Waals surface area contributed by atoms with Gasteiger partial charge in [0.15, 0.2) is 0 Å². The largest absolute Gasteiger partial charge is 0.287 e. The van der Waals surface area contributed by atoms with Gasteiger partial charge in [-0.1, -0.05) is 6.92 Å². The summed E-state index contributed by atoms with van der Waals surface area (Å²) in [4.78, 5) is 12.3. The zero-order valence-corrected chi connectivity index (χ0v) is 10.7. The number of benzene rings is 1. The van der Waals surface area contributed by atoms with Crippen LogP contribution in [0.4, 0.5) is 4.39 Å². The number of aromatic nitrogens is 2. The van der Waals surface area contributed by atoms with Crippen LogP contribution in [0.2, 0.25) is 0 Å². The molecule has 0 fully saturated rings. The standard InChI is InChI=1S/C14H15FN2O/c1-4-11-8-13(17(3)16-11)14(18)10-5-6-12(15)9(2)7-10/h5-8H,4H2,1-3H3. The summed E-state index contributed by atoms with van der Waals surface area (Å²) < 4.78 is 14.7. The van der Waals surface area contributed by atoms with Crippen molar-refractivity contribution in [3.05, 3.63) is 52.6 Å². The Hall–Kier alpha value is -1.97. The summed E-state index contributed by atoms with van der Waals surface area (Å²) in [5.41, 5.74) is 2.36. The maximum absolute atomic E-state index is 13.2. The molecule has 0 unspecified atom stereocenters. The van der Waals surface area contributed by atoms with E-state index in [2.05, 4.69) is 5.10 Å². The number of carbonyl (C=O) groups excluding carboxylic acids is 1. The summed E-state index contributed by atoms with van der Waals surface area (Å²) in [5.74, 6) is -0.432. The molecule has 18 heavy (non-hydrogen) atoms. The Morgan fingerprint density at radius 3 is 2.67 bits per heavy atom. The number of nitrogens with zero attached hydrogens (tertiary/aromatic N) is 2. The number of hydrogen-bond donors (Lipinski definition) is 0. The van der Waals surface area contributed by atoms with Crippen molar-refractivity contribution in [1.82, 2.24) is 9.78 Å². The molecule has 94 valence electrons. The highest BCUT2D eigenvalue weighted by atomic mass is 19.1. The van der Waals surface area contributed by atoms with E-state index in [1.807, 2.05) is 6.92 Å². The van der Waals surface area contributed by atoms with Crippen molar-refractivity contribution in [3.8, 4) is 0 Å². The highest BCUT2D eigenvalue weighted by Crippen LogP contribution is 2.14. The average Bonchev–Trinajstić information content (AvgIpc) is 2.73. The lowest BCUT2D eigenvalue weighted by Crippen LogP contribution is -2.08. The summed E-state index contributed by atoms with van der Waals surface area (Å²) in [6.45, 7) is 3.63. The molecule has 3 nitrogen and oxygen atoms in total. The molecule has 2 aromatic rings. The zero-order valence-electron chi connectivity index (χ0n) is 10.7. The van der Waals surface area contributed by atoms with E-state index in [-0.39, 0.29) is 11.6 Å². The molecule has 0 aliphatic heterocycles. The molecule has 0 bridgehead atoms. The van der Waals surface area contributed by atoms with Crippen LogP contribution >= 0.6 is 0 Å². The van der Waals surface area contributed by atoms with Gasteiger partial charge in [-0.3, -0.25) is 9.48 Å². The van der Waals surface area contributed by atoms with Crippen LogP contribution in [0.5, 0.6) is 0 Å². The van der Waals surface area contributed by atoms with Gasteiger partial charge in [0.2, 0.25) is 5.78 Å². The average molecular weight is 246 g/mol. The lowest BCUT2D eigenvalue weighted by molar-refractivity contribution is 0.103. The molecule has 1 aromatic carbocycles. The van der Waals surface area contributed by atoms with E-state index in [1.165, 1.54) is 12.1 Å². The van der Waals surface area contributed by atoms with Gasteiger partial charge in [0.25, 0.3) is 0 Å². The number of hydrogen-bond acceptors (Lipinski definition) is 2. The molecule has 0 N–H and O–H groups in total. The minimum Gasteiger partial charge on any atom is -0.287 e. The maximum Gasteiger partial charge on any atom is 0.211 e.